The van der Waals surface area contributed by atoms with Crippen LogP contribution in [0, 0.1) is 22.7 Å². The van der Waals surface area contributed by atoms with Crippen LogP contribution in [-0.2, 0) is 16.1 Å². The summed E-state index contributed by atoms with van der Waals surface area (Å²) in [4.78, 5) is 24.8. The number of hydrogen-bond donors (Lipinski definition) is 2. The van der Waals surface area contributed by atoms with Gasteiger partial charge in [0, 0.05) is 6.54 Å². The van der Waals surface area contributed by atoms with Crippen molar-refractivity contribution in [1.82, 2.24) is 5.32 Å². The highest BCUT2D eigenvalue weighted by atomic mass is 16.4. The summed E-state index contributed by atoms with van der Waals surface area (Å²) in [5.41, 5.74) is -0.00987. The number of carboxylic acids is 1. The normalized spacial score (nSPS) is 37.6. The summed E-state index contributed by atoms with van der Waals surface area (Å²) in [7, 11) is 0. The van der Waals surface area contributed by atoms with Crippen molar-refractivity contribution >= 4 is 11.9 Å². The predicted molar refractivity (Wildman–Crippen MR) is 85.5 cm³/mol. The maximum absolute atomic E-state index is 12.9. The molecule has 0 saturated heterocycles. The third-order valence-corrected chi connectivity index (χ3v) is 6.29. The quantitative estimate of drug-likeness (QED) is 0.898. The van der Waals surface area contributed by atoms with Gasteiger partial charge in [-0.05, 0) is 55.9 Å². The summed E-state index contributed by atoms with van der Waals surface area (Å²) in [6, 6.07) is 9.88. The summed E-state index contributed by atoms with van der Waals surface area (Å²) < 4.78 is 0. The second kappa shape index (κ2) is 5.08. The lowest BCUT2D eigenvalue weighted by Gasteiger charge is -2.59. The minimum absolute atomic E-state index is 0.0704. The van der Waals surface area contributed by atoms with Gasteiger partial charge < -0.3 is 10.4 Å². The molecule has 2 atom stereocenters. The van der Waals surface area contributed by atoms with Gasteiger partial charge in [-0.1, -0.05) is 30.3 Å². The lowest BCUT2D eigenvalue weighted by atomic mass is 9.44. The molecule has 0 radical (unpaired) electrons. The van der Waals surface area contributed by atoms with Crippen LogP contribution in [-0.4, -0.2) is 17.0 Å². The molecule has 0 aliphatic heterocycles. The third-order valence-electron chi connectivity index (χ3n) is 6.29. The average molecular weight is 313 g/mol. The summed E-state index contributed by atoms with van der Waals surface area (Å²) in [5, 5.41) is 12.8. The Morgan fingerprint density at radius 3 is 2.26 bits per heavy atom. The number of amides is 1. The molecule has 4 bridgehead atoms. The Bertz CT molecular complexity index is 625. The zero-order valence-electron chi connectivity index (χ0n) is 13.3. The molecule has 2 N–H and O–H groups in total. The van der Waals surface area contributed by atoms with Crippen LogP contribution in [0.5, 0.6) is 0 Å². The number of benzene rings is 1. The largest absolute Gasteiger partial charge is 0.481 e. The molecule has 1 aromatic carbocycles. The van der Waals surface area contributed by atoms with Gasteiger partial charge in [-0.15, -0.1) is 0 Å². The molecule has 2 unspecified atom stereocenters. The van der Waals surface area contributed by atoms with Crippen molar-refractivity contribution in [3.63, 3.8) is 0 Å². The molecule has 0 spiro atoms. The zero-order valence-corrected chi connectivity index (χ0v) is 13.3. The molecule has 4 fully saturated rings. The van der Waals surface area contributed by atoms with E-state index in [2.05, 4.69) is 5.32 Å². The molecule has 4 aliphatic rings. The molecule has 4 aliphatic carbocycles. The van der Waals surface area contributed by atoms with Gasteiger partial charge in [0.1, 0.15) is 0 Å². The van der Waals surface area contributed by atoms with Crippen molar-refractivity contribution in [3.8, 4) is 0 Å². The Morgan fingerprint density at radius 2 is 1.65 bits per heavy atom. The Balaban J connectivity index is 1.53. The number of carboxylic acid groups (broad SMARTS) is 1. The molecule has 4 saturated carbocycles. The van der Waals surface area contributed by atoms with Gasteiger partial charge in [-0.25, -0.2) is 0 Å². The third kappa shape index (κ3) is 2.35. The molecule has 4 nitrogen and oxygen atoms in total. The van der Waals surface area contributed by atoms with E-state index in [0.717, 1.165) is 37.7 Å². The molecular formula is C19H23NO3. The summed E-state index contributed by atoms with van der Waals surface area (Å²) in [5.74, 6) is 0.206. The van der Waals surface area contributed by atoms with Gasteiger partial charge in [0.2, 0.25) is 5.91 Å². The van der Waals surface area contributed by atoms with Crippen LogP contribution in [0.1, 0.15) is 44.1 Å². The molecule has 1 amide bonds. The van der Waals surface area contributed by atoms with Gasteiger partial charge in [0.15, 0.2) is 0 Å². The topological polar surface area (TPSA) is 66.4 Å². The smallest absolute Gasteiger partial charge is 0.309 e. The van der Waals surface area contributed by atoms with E-state index < -0.39 is 16.8 Å². The number of hydrogen-bond acceptors (Lipinski definition) is 2. The molecule has 1 aromatic rings. The number of carbonyl (C=O) groups is 2. The van der Waals surface area contributed by atoms with Crippen molar-refractivity contribution in [3.05, 3.63) is 35.9 Å². The van der Waals surface area contributed by atoms with Gasteiger partial charge in [-0.2, -0.15) is 0 Å². The van der Waals surface area contributed by atoms with Crippen LogP contribution >= 0.6 is 0 Å². The minimum Gasteiger partial charge on any atom is -0.481 e. The maximum atomic E-state index is 12.9. The number of aliphatic carboxylic acids is 1. The van der Waals surface area contributed by atoms with E-state index in [-0.39, 0.29) is 5.91 Å². The van der Waals surface area contributed by atoms with Crippen molar-refractivity contribution in [2.45, 2.75) is 45.1 Å². The van der Waals surface area contributed by atoms with Crippen molar-refractivity contribution in [1.29, 1.82) is 0 Å². The highest BCUT2D eigenvalue weighted by molar-refractivity contribution is 5.85. The molecule has 5 rings (SSSR count). The SMILES string of the molecule is O=C(O)C12CC3CC(C1)CC(C(=O)NCc1ccccc1)(C3)C2. The summed E-state index contributed by atoms with van der Waals surface area (Å²) in [6.07, 6.45) is 4.93. The highest BCUT2D eigenvalue weighted by Crippen LogP contribution is 2.65. The first-order valence-corrected chi connectivity index (χ1v) is 8.57. The molecule has 122 valence electrons. The van der Waals surface area contributed by atoms with E-state index in [1.54, 1.807) is 0 Å². The number of rotatable bonds is 4. The van der Waals surface area contributed by atoms with E-state index in [1.165, 1.54) is 0 Å². The van der Waals surface area contributed by atoms with E-state index in [1.807, 2.05) is 30.3 Å². The summed E-state index contributed by atoms with van der Waals surface area (Å²) >= 11 is 0. The first kappa shape index (κ1) is 14.7. The fourth-order valence-electron chi connectivity index (χ4n) is 5.74. The van der Waals surface area contributed by atoms with Crippen LogP contribution in [0.25, 0.3) is 0 Å². The van der Waals surface area contributed by atoms with Crippen LogP contribution in [0.4, 0.5) is 0 Å². The van der Waals surface area contributed by atoms with E-state index >= 15 is 0 Å². The lowest BCUT2D eigenvalue weighted by Crippen LogP contribution is -2.59. The Labute approximate surface area is 136 Å². The van der Waals surface area contributed by atoms with Gasteiger partial charge >= 0.3 is 5.97 Å². The van der Waals surface area contributed by atoms with E-state index in [9.17, 15) is 14.7 Å². The fourth-order valence-corrected chi connectivity index (χ4v) is 5.74. The van der Waals surface area contributed by atoms with Gasteiger partial charge in [0.25, 0.3) is 0 Å². The van der Waals surface area contributed by atoms with E-state index in [4.69, 9.17) is 0 Å². The van der Waals surface area contributed by atoms with Crippen LogP contribution < -0.4 is 5.32 Å². The Morgan fingerprint density at radius 1 is 1.04 bits per heavy atom. The van der Waals surface area contributed by atoms with Gasteiger partial charge in [-0.3, -0.25) is 9.59 Å². The first-order chi connectivity index (χ1) is 11.0. The molecule has 0 aromatic heterocycles. The molecule has 23 heavy (non-hydrogen) atoms. The van der Waals surface area contributed by atoms with Crippen LogP contribution in [0.2, 0.25) is 0 Å². The summed E-state index contributed by atoms with van der Waals surface area (Å²) in [6.45, 7) is 0.525. The monoisotopic (exact) mass is 313 g/mol. The van der Waals surface area contributed by atoms with E-state index in [0.29, 0.717) is 24.8 Å². The molecular weight excluding hydrogens is 290 g/mol. The second-order valence-electron chi connectivity index (χ2n) is 8.00. The first-order valence-electron chi connectivity index (χ1n) is 8.57. The number of nitrogens with one attached hydrogen (secondary N) is 1. The second-order valence-corrected chi connectivity index (χ2v) is 8.00. The van der Waals surface area contributed by atoms with Gasteiger partial charge in [0.05, 0.1) is 10.8 Å². The molecule has 0 heterocycles. The lowest BCUT2D eigenvalue weighted by molar-refractivity contribution is -0.179. The fraction of sp³-hybridized carbons (Fsp3) is 0.579. The van der Waals surface area contributed by atoms with Crippen molar-refractivity contribution in [2.24, 2.45) is 22.7 Å². The van der Waals surface area contributed by atoms with Crippen molar-refractivity contribution in [2.75, 3.05) is 0 Å². The minimum atomic E-state index is -0.688. The molecule has 4 heteroatoms. The Kier molecular flexibility index (Phi) is 3.26. The Hall–Kier alpha value is -1.84. The number of carbonyl (C=O) groups excluding carboxylic acids is 1. The maximum Gasteiger partial charge on any atom is 0.309 e. The highest BCUT2D eigenvalue weighted by Gasteiger charge is 2.63. The zero-order chi connectivity index (χ0) is 16.1. The average Bonchev–Trinajstić information content (AvgIpc) is 2.52. The predicted octanol–water partition coefficient (Wildman–Crippen LogP) is 2.97. The van der Waals surface area contributed by atoms with Crippen LogP contribution in [0.15, 0.2) is 30.3 Å². The van der Waals surface area contributed by atoms with Crippen molar-refractivity contribution < 1.29 is 14.7 Å². The standard InChI is InChI=1S/C19H23NO3/c21-16(20-11-13-4-2-1-3-5-13)18-7-14-6-15(8-18)10-19(9-14,12-18)17(22)23/h1-5,14-15H,6-12H2,(H,20,21)(H,22,23). The van der Waals surface area contributed by atoms with Crippen LogP contribution in [0.3, 0.4) is 0 Å².